The van der Waals surface area contributed by atoms with Gasteiger partial charge >= 0.3 is 0 Å². The first-order valence-corrected chi connectivity index (χ1v) is 7.52. The monoisotopic (exact) mass is 321 g/mol. The standard InChI is InChI=1S/C20H16FNO2/c1-14-6-10-16(11-7-14)24-17-12-8-15(9-13-17)22-20(23)18-4-2-3-5-19(18)21/h2-13H,1H3,(H,22,23). The molecule has 24 heavy (non-hydrogen) atoms. The van der Waals surface area contributed by atoms with Gasteiger partial charge < -0.3 is 10.1 Å². The van der Waals surface area contributed by atoms with Crippen molar-refractivity contribution in [2.24, 2.45) is 0 Å². The number of carbonyl (C=O) groups is 1. The second kappa shape index (κ2) is 6.96. The van der Waals surface area contributed by atoms with E-state index in [1.54, 1.807) is 36.4 Å². The van der Waals surface area contributed by atoms with Gasteiger partial charge in [0.25, 0.3) is 5.91 Å². The Bertz CT molecular complexity index is 842. The number of carbonyl (C=O) groups excluding carboxylic acids is 1. The summed E-state index contributed by atoms with van der Waals surface area (Å²) in [6, 6.07) is 20.5. The second-order valence-electron chi connectivity index (χ2n) is 5.37. The van der Waals surface area contributed by atoms with E-state index in [9.17, 15) is 9.18 Å². The van der Waals surface area contributed by atoms with Crippen LogP contribution in [0.3, 0.4) is 0 Å². The first kappa shape index (κ1) is 15.7. The van der Waals surface area contributed by atoms with Crippen molar-refractivity contribution in [2.45, 2.75) is 6.92 Å². The van der Waals surface area contributed by atoms with Crippen molar-refractivity contribution in [3.63, 3.8) is 0 Å². The molecule has 3 aromatic carbocycles. The van der Waals surface area contributed by atoms with E-state index in [-0.39, 0.29) is 5.56 Å². The fourth-order valence-electron chi connectivity index (χ4n) is 2.19. The Kier molecular flexibility index (Phi) is 4.57. The van der Waals surface area contributed by atoms with Crippen molar-refractivity contribution in [3.05, 3.63) is 89.7 Å². The number of hydrogen-bond donors (Lipinski definition) is 1. The van der Waals surface area contributed by atoms with Gasteiger partial charge in [-0.3, -0.25) is 4.79 Å². The zero-order chi connectivity index (χ0) is 16.9. The molecular formula is C20H16FNO2. The average molecular weight is 321 g/mol. The Morgan fingerprint density at radius 1 is 0.875 bits per heavy atom. The zero-order valence-electron chi connectivity index (χ0n) is 13.1. The minimum Gasteiger partial charge on any atom is -0.457 e. The number of hydrogen-bond acceptors (Lipinski definition) is 2. The molecule has 120 valence electrons. The molecule has 0 aliphatic carbocycles. The van der Waals surface area contributed by atoms with Gasteiger partial charge in [-0.25, -0.2) is 4.39 Å². The van der Waals surface area contributed by atoms with E-state index in [2.05, 4.69) is 5.32 Å². The van der Waals surface area contributed by atoms with Crippen LogP contribution in [0.4, 0.5) is 10.1 Å². The summed E-state index contributed by atoms with van der Waals surface area (Å²) in [4.78, 5) is 12.1. The first-order valence-electron chi connectivity index (χ1n) is 7.52. The molecule has 0 spiro atoms. The van der Waals surface area contributed by atoms with Crippen molar-refractivity contribution in [3.8, 4) is 11.5 Å². The molecule has 0 atom stereocenters. The molecule has 0 heterocycles. The molecule has 3 rings (SSSR count). The molecule has 0 fully saturated rings. The van der Waals surface area contributed by atoms with Crippen molar-refractivity contribution in [1.82, 2.24) is 0 Å². The van der Waals surface area contributed by atoms with E-state index in [0.717, 1.165) is 11.3 Å². The van der Waals surface area contributed by atoms with Crippen LogP contribution < -0.4 is 10.1 Å². The normalized spacial score (nSPS) is 10.2. The van der Waals surface area contributed by atoms with E-state index in [4.69, 9.17) is 4.74 Å². The van der Waals surface area contributed by atoms with Gasteiger partial charge in [0.15, 0.2) is 0 Å². The van der Waals surface area contributed by atoms with E-state index in [1.165, 1.54) is 12.1 Å². The fourth-order valence-corrected chi connectivity index (χ4v) is 2.19. The molecule has 1 N–H and O–H groups in total. The Morgan fingerprint density at radius 2 is 1.46 bits per heavy atom. The van der Waals surface area contributed by atoms with Crippen LogP contribution in [0.15, 0.2) is 72.8 Å². The van der Waals surface area contributed by atoms with Crippen molar-refractivity contribution < 1.29 is 13.9 Å². The number of amides is 1. The molecule has 0 bridgehead atoms. The number of anilines is 1. The molecule has 0 unspecified atom stereocenters. The van der Waals surface area contributed by atoms with Gasteiger partial charge in [0.2, 0.25) is 0 Å². The van der Waals surface area contributed by atoms with Crippen LogP contribution in [0, 0.1) is 12.7 Å². The summed E-state index contributed by atoms with van der Waals surface area (Å²) < 4.78 is 19.3. The minimum absolute atomic E-state index is 0.0116. The maximum Gasteiger partial charge on any atom is 0.258 e. The van der Waals surface area contributed by atoms with Crippen LogP contribution in [-0.2, 0) is 0 Å². The Morgan fingerprint density at radius 3 is 2.08 bits per heavy atom. The van der Waals surface area contributed by atoms with Gasteiger partial charge in [-0.2, -0.15) is 0 Å². The predicted molar refractivity (Wildman–Crippen MR) is 92.0 cm³/mol. The summed E-state index contributed by atoms with van der Waals surface area (Å²) in [5, 5.41) is 2.66. The minimum atomic E-state index is -0.547. The van der Waals surface area contributed by atoms with E-state index in [0.29, 0.717) is 11.4 Å². The molecule has 0 saturated carbocycles. The number of halogens is 1. The van der Waals surface area contributed by atoms with Crippen molar-refractivity contribution in [2.75, 3.05) is 5.32 Å². The molecule has 3 nitrogen and oxygen atoms in total. The van der Waals surface area contributed by atoms with Crippen LogP contribution in [0.2, 0.25) is 0 Å². The van der Waals surface area contributed by atoms with Gasteiger partial charge in [0.1, 0.15) is 17.3 Å². The highest BCUT2D eigenvalue weighted by Crippen LogP contribution is 2.23. The SMILES string of the molecule is Cc1ccc(Oc2ccc(NC(=O)c3ccccc3F)cc2)cc1. The quantitative estimate of drug-likeness (QED) is 0.719. The highest BCUT2D eigenvalue weighted by molar-refractivity contribution is 6.04. The summed E-state index contributed by atoms with van der Waals surface area (Å²) in [7, 11) is 0. The van der Waals surface area contributed by atoms with Crippen LogP contribution in [-0.4, -0.2) is 5.91 Å². The van der Waals surface area contributed by atoms with Crippen LogP contribution in [0.25, 0.3) is 0 Å². The van der Waals surface area contributed by atoms with Crippen LogP contribution in [0.1, 0.15) is 15.9 Å². The first-order chi connectivity index (χ1) is 11.6. The summed E-state index contributed by atoms with van der Waals surface area (Å²) in [6.45, 7) is 2.01. The van der Waals surface area contributed by atoms with Gasteiger partial charge in [0.05, 0.1) is 5.56 Å². The second-order valence-corrected chi connectivity index (χ2v) is 5.37. The average Bonchev–Trinajstić information content (AvgIpc) is 2.59. The Labute approximate surface area is 139 Å². The summed E-state index contributed by atoms with van der Waals surface area (Å²) >= 11 is 0. The lowest BCUT2D eigenvalue weighted by molar-refractivity contribution is 0.102. The largest absolute Gasteiger partial charge is 0.457 e. The highest BCUT2D eigenvalue weighted by atomic mass is 19.1. The van der Waals surface area contributed by atoms with E-state index < -0.39 is 11.7 Å². The van der Waals surface area contributed by atoms with Crippen molar-refractivity contribution >= 4 is 11.6 Å². The Balaban J connectivity index is 1.67. The van der Waals surface area contributed by atoms with E-state index in [1.807, 2.05) is 31.2 Å². The summed E-state index contributed by atoms with van der Waals surface area (Å²) in [6.07, 6.45) is 0. The van der Waals surface area contributed by atoms with Crippen LogP contribution in [0.5, 0.6) is 11.5 Å². The van der Waals surface area contributed by atoms with E-state index >= 15 is 0 Å². The molecule has 0 saturated heterocycles. The number of benzene rings is 3. The van der Waals surface area contributed by atoms with Crippen LogP contribution >= 0.6 is 0 Å². The van der Waals surface area contributed by atoms with Crippen molar-refractivity contribution in [1.29, 1.82) is 0 Å². The third-order valence-electron chi connectivity index (χ3n) is 3.49. The van der Waals surface area contributed by atoms with Gasteiger partial charge in [-0.05, 0) is 55.5 Å². The molecule has 0 radical (unpaired) electrons. The topological polar surface area (TPSA) is 38.3 Å². The number of nitrogens with one attached hydrogen (secondary N) is 1. The fraction of sp³-hybridized carbons (Fsp3) is 0.0500. The molecule has 1 amide bonds. The lowest BCUT2D eigenvalue weighted by Gasteiger charge is -2.09. The summed E-state index contributed by atoms with van der Waals surface area (Å²) in [5.74, 6) is 0.362. The highest BCUT2D eigenvalue weighted by Gasteiger charge is 2.10. The summed E-state index contributed by atoms with van der Waals surface area (Å²) in [5.41, 5.74) is 1.74. The van der Waals surface area contributed by atoms with Gasteiger partial charge in [0, 0.05) is 5.69 Å². The predicted octanol–water partition coefficient (Wildman–Crippen LogP) is 5.18. The molecule has 3 aromatic rings. The Hall–Kier alpha value is -3.14. The molecule has 4 heteroatoms. The third-order valence-corrected chi connectivity index (χ3v) is 3.49. The zero-order valence-corrected chi connectivity index (χ0v) is 13.1. The maximum absolute atomic E-state index is 13.6. The maximum atomic E-state index is 13.6. The number of rotatable bonds is 4. The number of ether oxygens (including phenoxy) is 1. The molecular weight excluding hydrogens is 305 g/mol. The van der Waals surface area contributed by atoms with Gasteiger partial charge in [-0.1, -0.05) is 29.8 Å². The smallest absolute Gasteiger partial charge is 0.258 e. The molecule has 0 aliphatic rings. The lowest BCUT2D eigenvalue weighted by atomic mass is 10.2. The molecule has 0 aromatic heterocycles. The van der Waals surface area contributed by atoms with Gasteiger partial charge in [-0.15, -0.1) is 0 Å². The third kappa shape index (κ3) is 3.79. The lowest BCUT2D eigenvalue weighted by Crippen LogP contribution is -2.13. The molecule has 0 aliphatic heterocycles. The number of aryl methyl sites for hydroxylation is 1.